The molecule has 0 spiro atoms. The van der Waals surface area contributed by atoms with Crippen LogP contribution in [0.2, 0.25) is 4.34 Å². The topological polar surface area (TPSA) is 20.2 Å². The summed E-state index contributed by atoms with van der Waals surface area (Å²) >= 11 is 7.38. The minimum Gasteiger partial charge on any atom is -0.389 e. The van der Waals surface area contributed by atoms with E-state index in [0.29, 0.717) is 0 Å². The first-order valence-electron chi connectivity index (χ1n) is 3.90. The predicted octanol–water partition coefficient (Wildman–Crippen LogP) is 2.94. The predicted molar refractivity (Wildman–Crippen MR) is 52.5 cm³/mol. The lowest BCUT2D eigenvalue weighted by Crippen LogP contribution is -1.93. The quantitative estimate of drug-likeness (QED) is 0.739. The Morgan fingerprint density at radius 3 is 2.83 bits per heavy atom. The Bertz CT molecular complexity index is 316. The van der Waals surface area contributed by atoms with Crippen LogP contribution in [0.15, 0.2) is 18.2 Å². The number of hydrogen-bond acceptors (Lipinski definition) is 2. The van der Waals surface area contributed by atoms with E-state index < -0.39 is 0 Å². The maximum absolute atomic E-state index is 9.26. The van der Waals surface area contributed by atoms with Crippen LogP contribution in [0.1, 0.15) is 17.7 Å². The molecule has 1 unspecified atom stereocenters. The van der Waals surface area contributed by atoms with Crippen LogP contribution in [0.25, 0.3) is 5.57 Å². The molecular weight excluding hydrogens is 192 g/mol. The highest BCUT2D eigenvalue weighted by atomic mass is 35.5. The van der Waals surface area contributed by atoms with Gasteiger partial charge in [-0.05, 0) is 30.5 Å². The molecule has 0 amide bonds. The van der Waals surface area contributed by atoms with Gasteiger partial charge in [0.2, 0.25) is 0 Å². The fourth-order valence-corrected chi connectivity index (χ4v) is 2.49. The Morgan fingerprint density at radius 1 is 1.50 bits per heavy atom. The fourth-order valence-electron chi connectivity index (χ4n) is 1.39. The van der Waals surface area contributed by atoms with Crippen molar-refractivity contribution in [1.29, 1.82) is 0 Å². The van der Waals surface area contributed by atoms with Crippen LogP contribution in [0.5, 0.6) is 0 Å². The molecule has 0 fully saturated rings. The van der Waals surface area contributed by atoms with Crippen LogP contribution in [0.4, 0.5) is 0 Å². The van der Waals surface area contributed by atoms with Crippen molar-refractivity contribution in [3.63, 3.8) is 0 Å². The highest BCUT2D eigenvalue weighted by molar-refractivity contribution is 7.17. The van der Waals surface area contributed by atoms with Gasteiger partial charge in [0.05, 0.1) is 10.4 Å². The van der Waals surface area contributed by atoms with E-state index in [1.165, 1.54) is 10.5 Å². The summed E-state index contributed by atoms with van der Waals surface area (Å²) in [5.74, 6) is 0. The zero-order valence-electron chi connectivity index (χ0n) is 6.46. The van der Waals surface area contributed by atoms with E-state index in [1.54, 1.807) is 11.3 Å². The van der Waals surface area contributed by atoms with E-state index in [2.05, 4.69) is 0 Å². The van der Waals surface area contributed by atoms with Crippen LogP contribution < -0.4 is 0 Å². The van der Waals surface area contributed by atoms with E-state index in [0.717, 1.165) is 17.2 Å². The van der Waals surface area contributed by atoms with Crippen molar-refractivity contribution in [2.24, 2.45) is 0 Å². The molecule has 0 radical (unpaired) electrons. The van der Waals surface area contributed by atoms with Gasteiger partial charge < -0.3 is 5.11 Å². The number of allylic oxidation sites excluding steroid dienone is 1. The molecule has 0 aromatic carbocycles. The summed E-state index contributed by atoms with van der Waals surface area (Å²) in [6.45, 7) is 0. The number of thiophene rings is 1. The van der Waals surface area contributed by atoms with Gasteiger partial charge in [-0.3, -0.25) is 0 Å². The van der Waals surface area contributed by atoms with Gasteiger partial charge in [0.15, 0.2) is 0 Å². The third-order valence-corrected chi connectivity index (χ3v) is 3.30. The fraction of sp³-hybridized carbons (Fsp3) is 0.333. The Labute approximate surface area is 80.3 Å². The third-order valence-electron chi connectivity index (χ3n) is 1.99. The minimum atomic E-state index is -0.249. The van der Waals surface area contributed by atoms with Crippen molar-refractivity contribution in [3.8, 4) is 0 Å². The molecule has 12 heavy (non-hydrogen) atoms. The third kappa shape index (κ3) is 1.56. The van der Waals surface area contributed by atoms with Crippen LogP contribution >= 0.6 is 22.9 Å². The Balaban J connectivity index is 2.26. The van der Waals surface area contributed by atoms with Gasteiger partial charge in [-0.2, -0.15) is 0 Å². The minimum absolute atomic E-state index is 0.249. The molecule has 0 bridgehead atoms. The first kappa shape index (κ1) is 8.30. The molecule has 3 heteroatoms. The molecule has 1 aromatic heterocycles. The van der Waals surface area contributed by atoms with Crippen LogP contribution in [0, 0.1) is 0 Å². The number of halogens is 1. The smallest absolute Gasteiger partial charge is 0.0934 e. The normalized spacial score (nSPS) is 22.8. The molecule has 64 valence electrons. The molecule has 0 saturated heterocycles. The molecule has 1 heterocycles. The molecule has 1 aliphatic carbocycles. The SMILES string of the molecule is OC1C=C(c2ccc(Cl)s2)CC1. The van der Waals surface area contributed by atoms with Crippen LogP contribution in [-0.4, -0.2) is 11.2 Å². The van der Waals surface area contributed by atoms with Crippen molar-refractivity contribution < 1.29 is 5.11 Å². The van der Waals surface area contributed by atoms with Gasteiger partial charge in [-0.1, -0.05) is 17.7 Å². The van der Waals surface area contributed by atoms with Crippen molar-refractivity contribution in [3.05, 3.63) is 27.4 Å². The molecular formula is C9H9ClOS. The van der Waals surface area contributed by atoms with E-state index in [4.69, 9.17) is 11.6 Å². The zero-order chi connectivity index (χ0) is 8.55. The lowest BCUT2D eigenvalue weighted by Gasteiger charge is -1.93. The zero-order valence-corrected chi connectivity index (χ0v) is 8.03. The van der Waals surface area contributed by atoms with Crippen LogP contribution in [-0.2, 0) is 0 Å². The highest BCUT2D eigenvalue weighted by Crippen LogP contribution is 2.34. The summed E-state index contributed by atoms with van der Waals surface area (Å²) in [6.07, 6.45) is 3.49. The monoisotopic (exact) mass is 200 g/mol. The average molecular weight is 201 g/mol. The summed E-state index contributed by atoms with van der Waals surface area (Å²) in [5.41, 5.74) is 1.24. The standard InChI is InChI=1S/C9H9ClOS/c10-9-4-3-8(12-9)6-1-2-7(11)5-6/h3-5,7,11H,1-2H2. The molecule has 1 aliphatic rings. The molecule has 0 saturated carbocycles. The maximum Gasteiger partial charge on any atom is 0.0934 e. The number of aliphatic hydroxyl groups excluding tert-OH is 1. The largest absolute Gasteiger partial charge is 0.389 e. The van der Waals surface area contributed by atoms with E-state index in [1.807, 2.05) is 18.2 Å². The molecule has 0 aliphatic heterocycles. The van der Waals surface area contributed by atoms with E-state index >= 15 is 0 Å². The van der Waals surface area contributed by atoms with E-state index in [-0.39, 0.29) is 6.10 Å². The first-order chi connectivity index (χ1) is 5.75. The lowest BCUT2D eigenvalue weighted by molar-refractivity contribution is 0.223. The van der Waals surface area contributed by atoms with Gasteiger partial charge in [-0.15, -0.1) is 11.3 Å². The average Bonchev–Trinajstić information content (AvgIpc) is 2.58. The summed E-state index contributed by atoms with van der Waals surface area (Å²) in [6, 6.07) is 3.91. The lowest BCUT2D eigenvalue weighted by atomic mass is 10.2. The highest BCUT2D eigenvalue weighted by Gasteiger charge is 2.15. The van der Waals surface area contributed by atoms with Gasteiger partial charge in [0, 0.05) is 4.88 Å². The molecule has 1 atom stereocenters. The number of rotatable bonds is 1. The second kappa shape index (κ2) is 3.21. The number of aliphatic hydroxyl groups is 1. The van der Waals surface area contributed by atoms with Crippen molar-refractivity contribution in [2.75, 3.05) is 0 Å². The Kier molecular flexibility index (Phi) is 2.22. The molecule has 1 N–H and O–H groups in total. The second-order valence-electron chi connectivity index (χ2n) is 2.90. The maximum atomic E-state index is 9.26. The molecule has 2 rings (SSSR count). The van der Waals surface area contributed by atoms with Gasteiger partial charge in [0.25, 0.3) is 0 Å². The van der Waals surface area contributed by atoms with E-state index in [9.17, 15) is 5.11 Å². The van der Waals surface area contributed by atoms with Gasteiger partial charge in [0.1, 0.15) is 0 Å². The summed E-state index contributed by atoms with van der Waals surface area (Å²) in [4.78, 5) is 1.19. The van der Waals surface area contributed by atoms with Crippen molar-refractivity contribution in [2.45, 2.75) is 18.9 Å². The molecule has 1 aromatic rings. The van der Waals surface area contributed by atoms with Crippen molar-refractivity contribution in [1.82, 2.24) is 0 Å². The summed E-state index contributed by atoms with van der Waals surface area (Å²) < 4.78 is 0.812. The second-order valence-corrected chi connectivity index (χ2v) is 4.62. The first-order valence-corrected chi connectivity index (χ1v) is 5.09. The molecule has 1 nitrogen and oxygen atoms in total. The van der Waals surface area contributed by atoms with Crippen molar-refractivity contribution >= 4 is 28.5 Å². The van der Waals surface area contributed by atoms with Gasteiger partial charge in [-0.25, -0.2) is 0 Å². The Hall–Kier alpha value is -0.310. The summed E-state index contributed by atoms with van der Waals surface area (Å²) in [7, 11) is 0. The van der Waals surface area contributed by atoms with Crippen LogP contribution in [0.3, 0.4) is 0 Å². The van der Waals surface area contributed by atoms with Gasteiger partial charge >= 0.3 is 0 Å². The summed E-state index contributed by atoms with van der Waals surface area (Å²) in [5, 5.41) is 9.26. The number of hydrogen-bond donors (Lipinski definition) is 1. The Morgan fingerprint density at radius 2 is 2.33 bits per heavy atom.